The third-order valence-corrected chi connectivity index (χ3v) is 4.93. The van der Waals surface area contributed by atoms with Crippen molar-refractivity contribution in [3.05, 3.63) is 71.9 Å². The van der Waals surface area contributed by atoms with E-state index in [1.807, 2.05) is 79.7 Å². The highest BCUT2D eigenvalue weighted by atomic mass is 16.5. The first-order valence-electron chi connectivity index (χ1n) is 8.22. The molecule has 1 atom stereocenters. The van der Waals surface area contributed by atoms with Gasteiger partial charge in [0.2, 0.25) is 0 Å². The number of hydrogen-bond acceptors (Lipinski definition) is 3. The zero-order valence-corrected chi connectivity index (χ0v) is 14.5. The average Bonchev–Trinajstić information content (AvgIpc) is 2.92. The molecule has 0 radical (unpaired) electrons. The maximum atomic E-state index is 13.0. The molecule has 0 aliphatic heterocycles. The predicted octanol–water partition coefficient (Wildman–Crippen LogP) is 4.34. The van der Waals surface area contributed by atoms with Crippen LogP contribution in [0, 0.1) is 0 Å². The first-order chi connectivity index (χ1) is 11.5. The van der Waals surface area contributed by atoms with Crippen molar-refractivity contribution in [2.75, 3.05) is 19.1 Å². The number of allylic oxidation sites excluding steroid dienone is 1. The van der Waals surface area contributed by atoms with E-state index >= 15 is 0 Å². The van der Waals surface area contributed by atoms with E-state index in [2.05, 4.69) is 0 Å². The summed E-state index contributed by atoms with van der Waals surface area (Å²) in [6.07, 6.45) is 3.62. The summed E-state index contributed by atoms with van der Waals surface area (Å²) < 4.78 is 5.21. The Morgan fingerprint density at radius 3 is 2.38 bits per heavy atom. The molecule has 0 N–H and O–H groups in total. The fraction of sp³-hybridized carbons (Fsp3) is 0.286. The fourth-order valence-electron chi connectivity index (χ4n) is 3.29. The van der Waals surface area contributed by atoms with Crippen LogP contribution in [0.25, 0.3) is 0 Å². The number of ketones is 1. The topological polar surface area (TPSA) is 29.5 Å². The van der Waals surface area contributed by atoms with E-state index < -0.39 is 5.41 Å². The molecule has 1 fully saturated rings. The lowest BCUT2D eigenvalue weighted by Crippen LogP contribution is -2.27. The Hall–Kier alpha value is -2.55. The van der Waals surface area contributed by atoms with E-state index in [1.54, 1.807) is 7.11 Å². The zero-order valence-electron chi connectivity index (χ0n) is 14.5. The number of methoxy groups -OCH3 is 1. The van der Waals surface area contributed by atoms with Crippen LogP contribution in [0.5, 0.6) is 5.75 Å². The maximum Gasteiger partial charge on any atom is 0.170 e. The summed E-state index contributed by atoms with van der Waals surface area (Å²) in [6, 6.07) is 17.9. The molecule has 3 rings (SSSR count). The Morgan fingerprint density at radius 2 is 1.75 bits per heavy atom. The Kier molecular flexibility index (Phi) is 4.43. The number of carbonyl (C=O) groups is 1. The Labute approximate surface area is 143 Å². The van der Waals surface area contributed by atoms with E-state index in [9.17, 15) is 4.79 Å². The van der Waals surface area contributed by atoms with Gasteiger partial charge < -0.3 is 9.64 Å². The molecule has 1 aliphatic rings. The van der Waals surface area contributed by atoms with Crippen molar-refractivity contribution >= 4 is 11.5 Å². The highest BCUT2D eigenvalue weighted by Crippen LogP contribution is 2.41. The number of ether oxygens (including phenoxy) is 1. The standard InChI is InChI=1S/C21H23NO2/c1-21(17-9-11-19(24-3)12-10-17)14-13-16(20(21)23)15-22(2)18-7-5-4-6-8-18/h4-12,15H,13-14H2,1-3H3/b16-15+. The molecule has 124 valence electrons. The first kappa shape index (κ1) is 16.3. The molecule has 0 spiro atoms. The molecule has 2 aromatic carbocycles. The number of hydrogen-bond donors (Lipinski definition) is 0. The van der Waals surface area contributed by atoms with E-state index in [4.69, 9.17) is 4.74 Å². The van der Waals surface area contributed by atoms with Crippen LogP contribution in [-0.4, -0.2) is 19.9 Å². The fourth-order valence-corrected chi connectivity index (χ4v) is 3.29. The number of rotatable bonds is 4. The average molecular weight is 321 g/mol. The lowest BCUT2D eigenvalue weighted by Gasteiger charge is -2.22. The molecular weight excluding hydrogens is 298 g/mol. The van der Waals surface area contributed by atoms with Gasteiger partial charge in [-0.05, 0) is 49.6 Å². The van der Waals surface area contributed by atoms with Crippen molar-refractivity contribution < 1.29 is 9.53 Å². The normalized spacial score (nSPS) is 22.0. The molecule has 2 aromatic rings. The molecule has 3 nitrogen and oxygen atoms in total. The lowest BCUT2D eigenvalue weighted by molar-refractivity contribution is -0.118. The van der Waals surface area contributed by atoms with Gasteiger partial charge in [0.25, 0.3) is 0 Å². The van der Waals surface area contributed by atoms with Gasteiger partial charge in [-0.15, -0.1) is 0 Å². The third kappa shape index (κ3) is 2.94. The number of nitrogens with zero attached hydrogens (tertiary/aromatic N) is 1. The second-order valence-corrected chi connectivity index (χ2v) is 6.49. The van der Waals surface area contributed by atoms with Crippen LogP contribution in [0.15, 0.2) is 66.4 Å². The lowest BCUT2D eigenvalue weighted by atomic mass is 9.80. The molecule has 0 bridgehead atoms. The molecule has 1 unspecified atom stereocenters. The number of Topliss-reactive ketones (excluding diaryl/α,β-unsaturated/α-hetero) is 1. The predicted molar refractivity (Wildman–Crippen MR) is 97.5 cm³/mol. The molecule has 0 amide bonds. The summed E-state index contributed by atoms with van der Waals surface area (Å²) in [6.45, 7) is 2.04. The van der Waals surface area contributed by atoms with E-state index in [1.165, 1.54) is 0 Å². The van der Waals surface area contributed by atoms with Crippen molar-refractivity contribution in [2.45, 2.75) is 25.2 Å². The second-order valence-electron chi connectivity index (χ2n) is 6.49. The molecular formula is C21H23NO2. The van der Waals surface area contributed by atoms with Gasteiger partial charge in [-0.1, -0.05) is 30.3 Å². The molecule has 1 saturated carbocycles. The third-order valence-electron chi connectivity index (χ3n) is 4.93. The van der Waals surface area contributed by atoms with Gasteiger partial charge >= 0.3 is 0 Å². The Bertz CT molecular complexity index is 749. The van der Waals surface area contributed by atoms with Gasteiger partial charge in [-0.2, -0.15) is 0 Å². The van der Waals surface area contributed by atoms with Gasteiger partial charge in [-0.25, -0.2) is 0 Å². The van der Waals surface area contributed by atoms with Gasteiger partial charge in [0.15, 0.2) is 5.78 Å². The molecule has 0 heterocycles. The first-order valence-corrected chi connectivity index (χ1v) is 8.22. The molecule has 3 heteroatoms. The highest BCUT2D eigenvalue weighted by Gasteiger charge is 2.42. The smallest absolute Gasteiger partial charge is 0.170 e. The van der Waals surface area contributed by atoms with Gasteiger partial charge in [-0.3, -0.25) is 4.79 Å². The summed E-state index contributed by atoms with van der Waals surface area (Å²) in [5.74, 6) is 1.03. The molecule has 1 aliphatic carbocycles. The Morgan fingerprint density at radius 1 is 1.08 bits per heavy atom. The number of anilines is 1. The minimum atomic E-state index is -0.449. The number of carbonyl (C=O) groups excluding carboxylic acids is 1. The highest BCUT2D eigenvalue weighted by molar-refractivity contribution is 6.05. The van der Waals surface area contributed by atoms with Crippen LogP contribution in [-0.2, 0) is 10.2 Å². The summed E-state index contributed by atoms with van der Waals surface area (Å²) in [4.78, 5) is 15.0. The van der Waals surface area contributed by atoms with Crippen LogP contribution in [0.2, 0.25) is 0 Å². The van der Waals surface area contributed by atoms with Crippen molar-refractivity contribution in [3.8, 4) is 5.75 Å². The molecule has 0 saturated heterocycles. The van der Waals surface area contributed by atoms with Crippen molar-refractivity contribution in [1.82, 2.24) is 0 Å². The number of para-hydroxylation sites is 1. The maximum absolute atomic E-state index is 13.0. The van der Waals surface area contributed by atoms with Crippen molar-refractivity contribution in [3.63, 3.8) is 0 Å². The molecule has 24 heavy (non-hydrogen) atoms. The van der Waals surface area contributed by atoms with Gasteiger partial charge in [0, 0.05) is 24.5 Å². The van der Waals surface area contributed by atoms with Crippen molar-refractivity contribution in [2.24, 2.45) is 0 Å². The van der Waals surface area contributed by atoms with Crippen LogP contribution in [0.3, 0.4) is 0 Å². The second kappa shape index (κ2) is 6.52. The van der Waals surface area contributed by atoms with Crippen molar-refractivity contribution in [1.29, 1.82) is 0 Å². The van der Waals surface area contributed by atoms with Crippen LogP contribution >= 0.6 is 0 Å². The SMILES string of the molecule is COc1ccc(C2(C)CC/C(=C\N(C)c3ccccc3)C2=O)cc1. The van der Waals surface area contributed by atoms with Gasteiger partial charge in [0.1, 0.15) is 5.75 Å². The monoisotopic (exact) mass is 321 g/mol. The quantitative estimate of drug-likeness (QED) is 0.785. The Balaban J connectivity index is 1.84. The largest absolute Gasteiger partial charge is 0.497 e. The number of benzene rings is 2. The minimum absolute atomic E-state index is 0.218. The van der Waals surface area contributed by atoms with Gasteiger partial charge in [0.05, 0.1) is 12.5 Å². The summed E-state index contributed by atoms with van der Waals surface area (Å²) in [5, 5.41) is 0. The molecule has 0 aromatic heterocycles. The van der Waals surface area contributed by atoms with Crippen LogP contribution in [0.1, 0.15) is 25.3 Å². The summed E-state index contributed by atoms with van der Waals surface area (Å²) >= 11 is 0. The van der Waals surface area contributed by atoms with Crippen LogP contribution in [0.4, 0.5) is 5.69 Å². The zero-order chi connectivity index (χ0) is 17.2. The summed E-state index contributed by atoms with van der Waals surface area (Å²) in [7, 11) is 3.64. The van der Waals surface area contributed by atoms with E-state index in [0.717, 1.165) is 35.4 Å². The van der Waals surface area contributed by atoms with Crippen LogP contribution < -0.4 is 9.64 Å². The summed E-state index contributed by atoms with van der Waals surface area (Å²) in [5.41, 5.74) is 2.57. The minimum Gasteiger partial charge on any atom is -0.497 e. The van der Waals surface area contributed by atoms with E-state index in [-0.39, 0.29) is 5.78 Å². The van der Waals surface area contributed by atoms with E-state index in [0.29, 0.717) is 0 Å².